The van der Waals surface area contributed by atoms with Gasteiger partial charge < -0.3 is 9.47 Å². The third-order valence-corrected chi connectivity index (χ3v) is 7.30. The van der Waals surface area contributed by atoms with E-state index in [4.69, 9.17) is 9.47 Å². The first-order chi connectivity index (χ1) is 8.84. The summed E-state index contributed by atoms with van der Waals surface area (Å²) in [4.78, 5) is 12.3. The van der Waals surface area contributed by atoms with Crippen LogP contribution in [0.5, 0.6) is 0 Å². The second-order valence-corrected chi connectivity index (χ2v) is 8.27. The Balaban J connectivity index is 1.91. The lowest BCUT2D eigenvalue weighted by Gasteiger charge is -2.52. The number of hydrogen-bond acceptors (Lipinski definition) is 3. The summed E-state index contributed by atoms with van der Waals surface area (Å²) in [5.74, 6) is 0.406. The Hall–Kier alpha value is -0.0900. The van der Waals surface area contributed by atoms with Gasteiger partial charge in [-0.2, -0.15) is 0 Å². The lowest BCUT2D eigenvalue weighted by atomic mass is 9.60. The molecule has 19 heavy (non-hydrogen) atoms. The second-order valence-electron chi connectivity index (χ2n) is 7.16. The van der Waals surface area contributed by atoms with E-state index in [9.17, 15) is 4.79 Å². The lowest BCUT2D eigenvalue weighted by Crippen LogP contribution is -2.53. The van der Waals surface area contributed by atoms with Gasteiger partial charge in [0.15, 0.2) is 0 Å². The highest BCUT2D eigenvalue weighted by molar-refractivity contribution is 9.09. The lowest BCUT2D eigenvalue weighted by molar-refractivity contribution is -0.157. The van der Waals surface area contributed by atoms with Gasteiger partial charge in [-0.05, 0) is 43.9 Å². The predicted octanol–water partition coefficient (Wildman–Crippen LogP) is 3.30. The molecule has 3 fully saturated rings. The van der Waals surface area contributed by atoms with Crippen molar-refractivity contribution in [2.75, 3.05) is 6.61 Å². The largest absolute Gasteiger partial charge is 0.463 e. The predicted molar refractivity (Wildman–Crippen MR) is 76.2 cm³/mol. The van der Waals surface area contributed by atoms with Gasteiger partial charge in [0.05, 0.1) is 11.5 Å². The minimum Gasteiger partial charge on any atom is -0.463 e. The molecular weight excluding hydrogens is 308 g/mol. The average molecular weight is 331 g/mol. The minimum atomic E-state index is -0.110. The van der Waals surface area contributed by atoms with Gasteiger partial charge in [0.1, 0.15) is 12.7 Å². The first kappa shape index (κ1) is 13.9. The smallest absolute Gasteiger partial charge is 0.311 e. The number of alkyl halides is 1. The van der Waals surface area contributed by atoms with E-state index in [1.54, 1.807) is 0 Å². The molecule has 2 heterocycles. The van der Waals surface area contributed by atoms with Crippen molar-refractivity contribution < 1.29 is 14.3 Å². The van der Waals surface area contributed by atoms with Crippen LogP contribution in [0.2, 0.25) is 0 Å². The van der Waals surface area contributed by atoms with E-state index in [2.05, 4.69) is 36.7 Å². The summed E-state index contributed by atoms with van der Waals surface area (Å²) in [5, 5.41) is 0. The molecular formula is C15H23BrO3. The summed E-state index contributed by atoms with van der Waals surface area (Å²) in [7, 11) is 0. The molecule has 0 spiro atoms. The molecule has 0 N–H and O–H groups in total. The van der Waals surface area contributed by atoms with Crippen LogP contribution in [0.15, 0.2) is 0 Å². The van der Waals surface area contributed by atoms with Gasteiger partial charge in [-0.25, -0.2) is 0 Å². The van der Waals surface area contributed by atoms with Crippen LogP contribution < -0.4 is 0 Å². The number of cyclic esters (lactones) is 1. The fourth-order valence-corrected chi connectivity index (χ4v) is 4.98. The normalized spacial score (nSPS) is 48.9. The van der Waals surface area contributed by atoms with E-state index in [0.717, 1.165) is 25.7 Å². The Morgan fingerprint density at radius 2 is 1.95 bits per heavy atom. The van der Waals surface area contributed by atoms with E-state index >= 15 is 0 Å². The zero-order valence-corrected chi connectivity index (χ0v) is 13.5. The molecule has 3 rings (SSSR count). The van der Waals surface area contributed by atoms with Crippen LogP contribution >= 0.6 is 15.9 Å². The fraction of sp³-hybridized carbons (Fsp3) is 0.933. The summed E-state index contributed by atoms with van der Waals surface area (Å²) in [6.45, 7) is 7.35. The topological polar surface area (TPSA) is 35.5 Å². The molecule has 0 unspecified atom stereocenters. The summed E-state index contributed by atoms with van der Waals surface area (Å²) in [6.07, 6.45) is 4.14. The molecule has 0 aromatic carbocycles. The molecule has 2 saturated heterocycles. The standard InChI is InChI=1S/C15H23BrO3/c1-14(2)11-5-4-9-10(8-18-13(9)17)19-15(11,3)7-6-12(14)16/h9-12H,4-8H2,1-3H3/t9-,10-,11-,12-,15-/m0/s1. The summed E-state index contributed by atoms with van der Waals surface area (Å²) in [5.41, 5.74) is 0.0940. The molecule has 1 aliphatic carbocycles. The quantitative estimate of drug-likeness (QED) is 0.505. The number of ether oxygens (including phenoxy) is 2. The number of esters is 1. The Morgan fingerprint density at radius 3 is 2.68 bits per heavy atom. The fourth-order valence-electron chi connectivity index (χ4n) is 4.43. The van der Waals surface area contributed by atoms with Gasteiger partial charge in [0.2, 0.25) is 0 Å². The molecule has 0 aromatic heterocycles. The molecule has 1 saturated carbocycles. The summed E-state index contributed by atoms with van der Waals surface area (Å²) >= 11 is 3.85. The van der Waals surface area contributed by atoms with Crippen LogP contribution in [0.1, 0.15) is 46.5 Å². The van der Waals surface area contributed by atoms with E-state index < -0.39 is 0 Å². The van der Waals surface area contributed by atoms with E-state index in [0.29, 0.717) is 17.4 Å². The van der Waals surface area contributed by atoms with Gasteiger partial charge in [-0.1, -0.05) is 29.8 Å². The Morgan fingerprint density at radius 1 is 1.21 bits per heavy atom. The van der Waals surface area contributed by atoms with Gasteiger partial charge in [0, 0.05) is 4.83 Å². The van der Waals surface area contributed by atoms with Crippen LogP contribution in [-0.4, -0.2) is 29.1 Å². The third-order valence-electron chi connectivity index (χ3n) is 5.67. The Kier molecular flexibility index (Phi) is 3.25. The molecule has 0 bridgehead atoms. The maximum atomic E-state index is 11.8. The molecule has 5 atom stereocenters. The van der Waals surface area contributed by atoms with Crippen LogP contribution in [-0.2, 0) is 14.3 Å². The van der Waals surface area contributed by atoms with Crippen molar-refractivity contribution in [3.8, 4) is 0 Å². The number of halogens is 1. The van der Waals surface area contributed by atoms with E-state index in [-0.39, 0.29) is 29.0 Å². The van der Waals surface area contributed by atoms with E-state index in [1.807, 2.05) is 0 Å². The molecule has 4 heteroatoms. The SMILES string of the molecule is CC1(C)[C@@H](Br)CC[C@]2(C)O[C@H]3COC(=O)[C@H]3CC[C@@H]12. The maximum absolute atomic E-state index is 11.8. The number of carbonyl (C=O) groups excluding carboxylic acids is 1. The highest BCUT2D eigenvalue weighted by Gasteiger charge is 2.55. The van der Waals surface area contributed by atoms with Gasteiger partial charge in [0.25, 0.3) is 0 Å². The summed E-state index contributed by atoms with van der Waals surface area (Å²) < 4.78 is 11.6. The van der Waals surface area contributed by atoms with Crippen molar-refractivity contribution in [2.24, 2.45) is 17.3 Å². The maximum Gasteiger partial charge on any atom is 0.311 e. The van der Waals surface area contributed by atoms with Crippen LogP contribution in [0.3, 0.4) is 0 Å². The van der Waals surface area contributed by atoms with Crippen molar-refractivity contribution >= 4 is 21.9 Å². The number of rotatable bonds is 0. The molecule has 3 aliphatic rings. The summed E-state index contributed by atoms with van der Waals surface area (Å²) in [6, 6.07) is 0. The van der Waals surface area contributed by atoms with Crippen LogP contribution in [0, 0.1) is 17.3 Å². The Labute approximate surface area is 123 Å². The Bertz CT molecular complexity index is 395. The first-order valence-corrected chi connectivity index (χ1v) is 8.25. The van der Waals surface area contributed by atoms with Crippen molar-refractivity contribution in [3.05, 3.63) is 0 Å². The van der Waals surface area contributed by atoms with Crippen molar-refractivity contribution in [2.45, 2.75) is 63.0 Å². The number of fused-ring (bicyclic) bond motifs is 2. The van der Waals surface area contributed by atoms with E-state index in [1.165, 1.54) is 0 Å². The van der Waals surface area contributed by atoms with Gasteiger partial charge >= 0.3 is 5.97 Å². The molecule has 2 aliphatic heterocycles. The van der Waals surface area contributed by atoms with Crippen molar-refractivity contribution in [1.29, 1.82) is 0 Å². The van der Waals surface area contributed by atoms with Crippen LogP contribution in [0.25, 0.3) is 0 Å². The molecule has 3 nitrogen and oxygen atoms in total. The number of hydrogen-bond donors (Lipinski definition) is 0. The zero-order valence-electron chi connectivity index (χ0n) is 11.9. The van der Waals surface area contributed by atoms with Gasteiger partial charge in [-0.3, -0.25) is 4.79 Å². The van der Waals surface area contributed by atoms with Gasteiger partial charge in [-0.15, -0.1) is 0 Å². The molecule has 0 radical (unpaired) electrons. The second kappa shape index (κ2) is 4.45. The van der Waals surface area contributed by atoms with Crippen molar-refractivity contribution in [1.82, 2.24) is 0 Å². The zero-order chi connectivity index (χ0) is 13.8. The monoisotopic (exact) mass is 330 g/mol. The minimum absolute atomic E-state index is 0.0230. The third kappa shape index (κ3) is 2.06. The molecule has 0 amide bonds. The first-order valence-electron chi connectivity index (χ1n) is 7.33. The average Bonchev–Trinajstić information content (AvgIpc) is 2.58. The highest BCUT2D eigenvalue weighted by Crippen LogP contribution is 2.55. The van der Waals surface area contributed by atoms with Crippen molar-refractivity contribution in [3.63, 3.8) is 0 Å². The van der Waals surface area contributed by atoms with Crippen LogP contribution in [0.4, 0.5) is 0 Å². The molecule has 108 valence electrons. The molecule has 0 aromatic rings. The highest BCUT2D eigenvalue weighted by atomic mass is 79.9. The number of carbonyl (C=O) groups is 1.